The Bertz CT molecular complexity index is 951. The molecule has 1 saturated carbocycles. The van der Waals surface area contributed by atoms with Crippen molar-refractivity contribution in [2.75, 3.05) is 7.11 Å². The van der Waals surface area contributed by atoms with Gasteiger partial charge in [-0.25, -0.2) is 0 Å². The Morgan fingerprint density at radius 2 is 2.00 bits per heavy atom. The number of carbonyl (C=O) groups is 1. The van der Waals surface area contributed by atoms with Crippen molar-refractivity contribution in [3.05, 3.63) is 29.7 Å². The second-order valence-electron chi connectivity index (χ2n) is 7.00. The fourth-order valence-electron chi connectivity index (χ4n) is 3.62. The fourth-order valence-corrected chi connectivity index (χ4v) is 3.62. The van der Waals surface area contributed by atoms with Gasteiger partial charge < -0.3 is 19.0 Å². The number of benzene rings is 1. The van der Waals surface area contributed by atoms with E-state index in [9.17, 15) is 4.79 Å². The number of nitrogens with zero attached hydrogens (tertiary/aromatic N) is 2. The third-order valence-electron chi connectivity index (χ3n) is 5.16. The van der Waals surface area contributed by atoms with E-state index in [1.807, 2.05) is 25.1 Å². The maximum absolute atomic E-state index is 12.5. The molecule has 3 aromatic rings. The van der Waals surface area contributed by atoms with Crippen LogP contribution < -0.4 is 10.1 Å². The molecule has 7 heteroatoms. The van der Waals surface area contributed by atoms with Crippen molar-refractivity contribution >= 4 is 16.9 Å². The van der Waals surface area contributed by atoms with Crippen LogP contribution >= 0.6 is 0 Å². The topological polar surface area (TPSA) is 90.4 Å². The molecule has 0 saturated heterocycles. The number of aryl methyl sites for hydroxylation is 1. The lowest BCUT2D eigenvalue weighted by Gasteiger charge is -2.14. The molecule has 1 aliphatic carbocycles. The monoisotopic (exact) mass is 369 g/mol. The van der Waals surface area contributed by atoms with Crippen molar-refractivity contribution in [1.29, 1.82) is 0 Å². The molecule has 2 heterocycles. The Hall–Kier alpha value is -2.83. The molecule has 0 atom stereocenters. The number of rotatable bonds is 4. The molecule has 1 aromatic carbocycles. The summed E-state index contributed by atoms with van der Waals surface area (Å²) in [6.45, 7) is 1.92. The molecule has 0 radical (unpaired) electrons. The van der Waals surface area contributed by atoms with Crippen molar-refractivity contribution in [3.8, 4) is 17.3 Å². The Balaban J connectivity index is 1.56. The summed E-state index contributed by atoms with van der Waals surface area (Å²) >= 11 is 0. The van der Waals surface area contributed by atoms with Crippen LogP contribution in [-0.2, 0) is 0 Å². The van der Waals surface area contributed by atoms with Crippen LogP contribution in [0.4, 0.5) is 0 Å². The van der Waals surface area contributed by atoms with Gasteiger partial charge in [0, 0.05) is 17.0 Å². The molecule has 27 heavy (non-hydrogen) atoms. The van der Waals surface area contributed by atoms with E-state index in [0.717, 1.165) is 42.4 Å². The second kappa shape index (κ2) is 7.42. The van der Waals surface area contributed by atoms with Crippen molar-refractivity contribution < 1.29 is 18.5 Å². The number of aromatic nitrogens is 2. The van der Waals surface area contributed by atoms with Gasteiger partial charge in [-0.2, -0.15) is 4.98 Å². The predicted octanol–water partition coefficient (Wildman–Crippen LogP) is 4.25. The highest BCUT2D eigenvalue weighted by atomic mass is 16.5. The van der Waals surface area contributed by atoms with Gasteiger partial charge in [0.2, 0.25) is 5.82 Å². The lowest BCUT2D eigenvalue weighted by atomic mass is 10.1. The van der Waals surface area contributed by atoms with Gasteiger partial charge in [0.15, 0.2) is 5.76 Å². The van der Waals surface area contributed by atoms with Crippen LogP contribution in [0.5, 0.6) is 5.75 Å². The van der Waals surface area contributed by atoms with Gasteiger partial charge >= 0.3 is 11.8 Å². The lowest BCUT2D eigenvalue weighted by Crippen LogP contribution is -2.34. The van der Waals surface area contributed by atoms with Gasteiger partial charge in [-0.1, -0.05) is 30.8 Å². The fraction of sp³-hybridized carbons (Fsp3) is 0.450. The minimum absolute atomic E-state index is 0.0355. The molecule has 142 valence electrons. The number of fused-ring (bicyclic) bond motifs is 1. The molecule has 2 aromatic heterocycles. The Morgan fingerprint density at radius 1 is 1.22 bits per heavy atom. The molecule has 7 nitrogen and oxygen atoms in total. The molecule has 1 fully saturated rings. The number of ether oxygens (including phenoxy) is 1. The van der Waals surface area contributed by atoms with E-state index in [0.29, 0.717) is 11.3 Å². The largest absolute Gasteiger partial charge is 0.497 e. The standard InChI is InChI=1S/C20H23N3O4/c1-12-15-11-14(25-2)9-10-16(15)26-17(12)18-22-20(27-23-18)19(24)21-13-7-5-3-4-6-8-13/h9-11,13H,3-8H2,1-2H3,(H,21,24). The van der Waals surface area contributed by atoms with Crippen molar-refractivity contribution in [3.63, 3.8) is 0 Å². The van der Waals surface area contributed by atoms with E-state index in [1.165, 1.54) is 12.8 Å². The quantitative estimate of drug-likeness (QED) is 0.691. The molecule has 0 spiro atoms. The SMILES string of the molecule is COc1ccc2oc(-c3noc(C(=O)NC4CCCCCC4)n3)c(C)c2c1. The summed E-state index contributed by atoms with van der Waals surface area (Å²) in [7, 11) is 1.62. The Kier molecular flexibility index (Phi) is 4.83. The van der Waals surface area contributed by atoms with Gasteiger partial charge in [0.1, 0.15) is 11.3 Å². The molecule has 4 rings (SSSR count). The van der Waals surface area contributed by atoms with Crippen LogP contribution in [-0.4, -0.2) is 29.2 Å². The van der Waals surface area contributed by atoms with E-state index in [-0.39, 0.29) is 23.7 Å². The summed E-state index contributed by atoms with van der Waals surface area (Å²) in [5, 5.41) is 7.88. The van der Waals surface area contributed by atoms with Gasteiger partial charge in [-0.3, -0.25) is 4.79 Å². The number of carbonyl (C=O) groups excluding carboxylic acids is 1. The van der Waals surface area contributed by atoms with Crippen LogP contribution in [0.1, 0.15) is 54.8 Å². The minimum atomic E-state index is -0.323. The van der Waals surface area contributed by atoms with Crippen molar-refractivity contribution in [2.24, 2.45) is 0 Å². The van der Waals surface area contributed by atoms with E-state index in [2.05, 4.69) is 15.5 Å². The molecule has 0 aliphatic heterocycles. The molecule has 1 N–H and O–H groups in total. The Morgan fingerprint density at radius 3 is 2.74 bits per heavy atom. The summed E-state index contributed by atoms with van der Waals surface area (Å²) in [5.74, 6) is 1.15. The van der Waals surface area contributed by atoms with Gasteiger partial charge in [-0.15, -0.1) is 0 Å². The van der Waals surface area contributed by atoms with Crippen LogP contribution in [0.3, 0.4) is 0 Å². The average molecular weight is 369 g/mol. The maximum atomic E-state index is 12.5. The first-order valence-corrected chi connectivity index (χ1v) is 9.38. The lowest BCUT2D eigenvalue weighted by molar-refractivity contribution is 0.0889. The van der Waals surface area contributed by atoms with E-state index >= 15 is 0 Å². The summed E-state index contributed by atoms with van der Waals surface area (Å²) < 4.78 is 16.3. The first-order valence-electron chi connectivity index (χ1n) is 9.38. The molecular formula is C20H23N3O4. The number of amides is 1. The molecular weight excluding hydrogens is 346 g/mol. The van der Waals surface area contributed by atoms with Gasteiger partial charge in [0.25, 0.3) is 0 Å². The van der Waals surface area contributed by atoms with Gasteiger partial charge in [0.05, 0.1) is 7.11 Å². The second-order valence-corrected chi connectivity index (χ2v) is 7.00. The van der Waals surface area contributed by atoms with Crippen LogP contribution in [0.15, 0.2) is 27.1 Å². The van der Waals surface area contributed by atoms with Crippen molar-refractivity contribution in [2.45, 2.75) is 51.5 Å². The number of nitrogens with one attached hydrogen (secondary N) is 1. The van der Waals surface area contributed by atoms with E-state index in [4.69, 9.17) is 13.7 Å². The van der Waals surface area contributed by atoms with Crippen LogP contribution in [0, 0.1) is 6.92 Å². The Labute approximate surface area is 157 Å². The highest BCUT2D eigenvalue weighted by molar-refractivity contribution is 5.91. The number of hydrogen-bond donors (Lipinski definition) is 1. The summed E-state index contributed by atoms with van der Waals surface area (Å²) in [6, 6.07) is 5.74. The molecule has 1 amide bonds. The third-order valence-corrected chi connectivity index (χ3v) is 5.16. The minimum Gasteiger partial charge on any atom is -0.497 e. The molecule has 0 unspecified atom stereocenters. The maximum Gasteiger partial charge on any atom is 0.316 e. The summed E-state index contributed by atoms with van der Waals surface area (Å²) in [4.78, 5) is 16.7. The number of hydrogen-bond acceptors (Lipinski definition) is 6. The van der Waals surface area contributed by atoms with Gasteiger partial charge in [-0.05, 0) is 38.0 Å². The smallest absolute Gasteiger partial charge is 0.316 e. The predicted molar refractivity (Wildman–Crippen MR) is 99.8 cm³/mol. The zero-order chi connectivity index (χ0) is 18.8. The number of furan rings is 1. The molecule has 1 aliphatic rings. The average Bonchev–Trinajstić information content (AvgIpc) is 3.20. The van der Waals surface area contributed by atoms with E-state index in [1.54, 1.807) is 7.11 Å². The zero-order valence-corrected chi connectivity index (χ0v) is 15.6. The van der Waals surface area contributed by atoms with Crippen LogP contribution in [0.2, 0.25) is 0 Å². The third kappa shape index (κ3) is 3.54. The molecule has 0 bridgehead atoms. The van der Waals surface area contributed by atoms with E-state index < -0.39 is 0 Å². The summed E-state index contributed by atoms with van der Waals surface area (Å²) in [5.41, 5.74) is 1.58. The number of methoxy groups -OCH3 is 1. The first-order chi connectivity index (χ1) is 13.2. The summed E-state index contributed by atoms with van der Waals surface area (Å²) in [6.07, 6.45) is 6.73. The van der Waals surface area contributed by atoms with Crippen molar-refractivity contribution in [1.82, 2.24) is 15.5 Å². The normalized spacial score (nSPS) is 15.6. The first kappa shape index (κ1) is 17.6. The highest BCUT2D eigenvalue weighted by Gasteiger charge is 2.23. The zero-order valence-electron chi connectivity index (χ0n) is 15.6. The highest BCUT2D eigenvalue weighted by Crippen LogP contribution is 2.33. The van der Waals surface area contributed by atoms with Crippen LogP contribution in [0.25, 0.3) is 22.6 Å².